The Labute approximate surface area is 822 Å². The first kappa shape index (κ1) is 113. The number of furan rings is 1. The van der Waals surface area contributed by atoms with E-state index in [9.17, 15) is 67.1 Å². The molecule has 1 unspecified atom stereocenters. The van der Waals surface area contributed by atoms with Gasteiger partial charge in [-0.15, -0.1) is 34.0 Å². The lowest BCUT2D eigenvalue weighted by molar-refractivity contribution is -0.135. The molecule has 1 saturated carbocycles. The van der Waals surface area contributed by atoms with Crippen molar-refractivity contribution in [1.82, 2.24) is 66.3 Å². The molecule has 1 saturated heterocycles. The molecule has 6 amide bonds. The fraction of sp³-hybridized carbons (Fsp3) is 0.300. The number of nitrogens with zero attached hydrogens (tertiary/aromatic N) is 7. The molecule has 0 spiro atoms. The van der Waals surface area contributed by atoms with Crippen LogP contribution in [0, 0.1) is 6.92 Å². The van der Waals surface area contributed by atoms with Crippen LogP contribution in [0.4, 0.5) is 0 Å². The third kappa shape index (κ3) is 43.7. The van der Waals surface area contributed by atoms with Crippen LogP contribution in [0.25, 0.3) is 37.8 Å². The van der Waals surface area contributed by atoms with E-state index in [1.807, 2.05) is 110 Å². The van der Waals surface area contributed by atoms with Crippen LogP contribution in [0.1, 0.15) is 115 Å². The summed E-state index contributed by atoms with van der Waals surface area (Å²) in [5, 5.41) is 29.9. The summed E-state index contributed by atoms with van der Waals surface area (Å²) in [7, 11) is 12.7. The summed E-state index contributed by atoms with van der Waals surface area (Å²) in [5.41, 5.74) is 4.92. The summed E-state index contributed by atoms with van der Waals surface area (Å²) in [5.74, 6) is -1.72. The normalized spacial score (nSPS) is 12.5. The Hall–Kier alpha value is -15.5. The first-order valence-electron chi connectivity index (χ1n) is 43.7. The highest BCUT2D eigenvalue weighted by Crippen LogP contribution is 2.34. The minimum absolute atomic E-state index is 0.0149. The van der Waals surface area contributed by atoms with E-state index >= 15 is 0 Å². The van der Waals surface area contributed by atoms with Gasteiger partial charge in [-0.1, -0.05) is 116 Å². The molecule has 742 valence electrons. The summed E-state index contributed by atoms with van der Waals surface area (Å²) in [6.45, 7) is 4.93. The lowest BCUT2D eigenvalue weighted by atomic mass is 10.0. The summed E-state index contributed by atoms with van der Waals surface area (Å²) in [6, 6.07) is 37.9. The number of amides is 6. The van der Waals surface area contributed by atoms with Gasteiger partial charge in [-0.3, -0.25) is 48.1 Å². The van der Waals surface area contributed by atoms with E-state index in [-0.39, 0.29) is 73.5 Å². The molecule has 7 aromatic heterocycles. The van der Waals surface area contributed by atoms with E-state index in [1.54, 1.807) is 107 Å². The molecule has 2 fully saturated rings. The van der Waals surface area contributed by atoms with E-state index in [0.29, 0.717) is 78.9 Å². The molecular weight excluding hydrogens is 1860 g/mol. The topological polar surface area (TPSA) is 472 Å². The standard InChI is InChI=1S/C18H18O4.C16H17N3O4.C14H15N3O3.C14H17NO4S.C13H12N2O3S2.C13H22N2O3.C12H14N2O3/c1-13-7-12-17(22-13)15-10-8-14(9-11-15)16(19)5-3-4-6-18(20)21-2;1-22-14-7-4-3-6-13(14)19-11-12(10-18-19)16(21)17-9-5-8-15(20)23-2;1-20-14(19)7-4-8-15-13(18)10-17-12-6-3-2-5-11(12)9-16-17;1-18-13(16)5-2-8-15-14(17)12-7-6-11(20-12)10-4-3-9-19-10;1-18-11(16)5-2-6-14-12(17)9-8-20-13(15-9)10-4-3-7-19-10;1-15(11-6-3-4-7-11)10-12(16)14-9-5-8-13(17)18-2;1-17-12(16)3-2-6-14-11(15)9-10-4-7-13-8-5-10/h4,6-12H,3,5H2,1-2H3;3-8,10-11H,9H2,1-2H3,(H,17,21);2-7,9H,8,10H2,1H3,(H,15,18);2,5-7,10H,3-4,8-9H2,1H3,(H,15,17);2-5,7-8H,6H2,1H3,(H,14,17);5,8,11H,3-4,6-7,9-10H2,1-2H3,(H,14,16);2-5,7-8H,6,9H2,1H3,(H,14,15)/b6-4+;8-5+;7-4+;2*5-2+;8-5+;3-2+. The van der Waals surface area contributed by atoms with Crippen molar-refractivity contribution in [3.05, 3.63) is 286 Å². The summed E-state index contributed by atoms with van der Waals surface area (Å²) < 4.78 is 50.7. The number of thiophene rings is 2. The highest BCUT2D eigenvalue weighted by Gasteiger charge is 2.23. The number of aromatic nitrogens is 6. The van der Waals surface area contributed by atoms with Gasteiger partial charge in [-0.05, 0) is 118 Å². The lowest BCUT2D eigenvalue weighted by Gasteiger charge is -2.22. The number of nitrogens with one attached hydrogen (secondary N) is 6. The van der Waals surface area contributed by atoms with Crippen molar-refractivity contribution in [2.75, 3.05) is 116 Å². The second-order valence-electron chi connectivity index (χ2n) is 29.3. The van der Waals surface area contributed by atoms with Gasteiger partial charge in [0.1, 0.15) is 40.2 Å². The number of thiazole rings is 1. The molecule has 1 aliphatic carbocycles. The largest absolute Gasteiger partial charge is 0.494 e. The molecule has 40 heteroatoms. The third-order valence-corrected chi connectivity index (χ3v) is 22.4. The predicted octanol–water partition coefficient (Wildman–Crippen LogP) is 11.7. The number of carbonyl (C=O) groups is 14. The molecule has 140 heavy (non-hydrogen) atoms. The monoisotopic (exact) mass is 1980 g/mol. The zero-order valence-corrected chi connectivity index (χ0v) is 81.7. The van der Waals surface area contributed by atoms with Crippen LogP contribution in [0.2, 0.25) is 0 Å². The van der Waals surface area contributed by atoms with Crippen molar-refractivity contribution in [2.24, 2.45) is 0 Å². The smallest absolute Gasteiger partial charge is 0.330 e. The van der Waals surface area contributed by atoms with Gasteiger partial charge in [-0.25, -0.2) is 43.2 Å². The van der Waals surface area contributed by atoms with E-state index < -0.39 is 41.8 Å². The van der Waals surface area contributed by atoms with Crippen LogP contribution in [0.15, 0.2) is 253 Å². The van der Waals surface area contributed by atoms with E-state index in [4.69, 9.17) is 13.9 Å². The highest BCUT2D eigenvalue weighted by atomic mass is 32.1. The molecule has 6 N–H and O–H groups in total. The fourth-order valence-electron chi connectivity index (χ4n) is 12.2. The fourth-order valence-corrected chi connectivity index (χ4v) is 14.8. The van der Waals surface area contributed by atoms with Crippen LogP contribution < -0.4 is 36.6 Å². The maximum absolute atomic E-state index is 12.0. The number of carbonyl (C=O) groups excluding carboxylic acids is 14. The van der Waals surface area contributed by atoms with Gasteiger partial charge in [0.25, 0.3) is 17.7 Å². The van der Waals surface area contributed by atoms with Crippen LogP contribution in [0.5, 0.6) is 5.75 Å². The second kappa shape index (κ2) is 65.3. The maximum Gasteiger partial charge on any atom is 0.330 e. The number of methoxy groups -OCH3 is 8. The Kier molecular flexibility index (Phi) is 52.8. The molecule has 12 rings (SSSR count). The van der Waals surface area contributed by atoms with Gasteiger partial charge < -0.3 is 78.9 Å². The Bertz CT molecular complexity index is 5840. The minimum atomic E-state index is -0.469. The Morgan fingerprint density at radius 1 is 0.507 bits per heavy atom. The van der Waals surface area contributed by atoms with Gasteiger partial charge in [0.2, 0.25) is 17.7 Å². The molecule has 3 aromatic carbocycles. The van der Waals surface area contributed by atoms with E-state index in [0.717, 1.165) is 73.4 Å². The van der Waals surface area contributed by atoms with Gasteiger partial charge in [0, 0.05) is 146 Å². The number of pyridine rings is 1. The number of para-hydroxylation sites is 3. The molecule has 1 aliphatic heterocycles. The highest BCUT2D eigenvalue weighted by molar-refractivity contribution is 7.20. The number of hydrogen-bond donors (Lipinski definition) is 6. The number of ether oxygens (including phenoxy) is 9. The van der Waals surface area contributed by atoms with Crippen molar-refractivity contribution < 1.29 is 114 Å². The zero-order chi connectivity index (χ0) is 102. The van der Waals surface area contributed by atoms with Crippen molar-refractivity contribution in [3.8, 4) is 32.6 Å². The van der Waals surface area contributed by atoms with Crippen LogP contribution in [-0.4, -0.2) is 240 Å². The van der Waals surface area contributed by atoms with Crippen molar-refractivity contribution >= 4 is 128 Å². The number of aryl methyl sites for hydroxylation is 1. The number of ketones is 1. The minimum Gasteiger partial charge on any atom is -0.494 e. The number of esters is 7. The lowest BCUT2D eigenvalue weighted by Crippen LogP contribution is -2.39. The summed E-state index contributed by atoms with van der Waals surface area (Å²) in [6.07, 6.45) is 36.2. The van der Waals surface area contributed by atoms with Gasteiger partial charge in [-0.2, -0.15) is 10.2 Å². The third-order valence-electron chi connectivity index (χ3n) is 19.4. The van der Waals surface area contributed by atoms with Gasteiger partial charge in [0.05, 0.1) is 109 Å². The molecule has 2 aliphatic rings. The number of allylic oxidation sites excluding steroid dienone is 1. The first-order chi connectivity index (χ1) is 67.7. The van der Waals surface area contributed by atoms with E-state index in [1.165, 1.54) is 171 Å². The molecular formula is C100H115N13O24S3. The van der Waals surface area contributed by atoms with Crippen LogP contribution in [0.3, 0.4) is 0 Å². The Morgan fingerprint density at radius 3 is 1.59 bits per heavy atom. The number of likely N-dealkylation sites (N-methyl/N-ethyl adjacent to an activating group) is 1. The molecule has 0 radical (unpaired) electrons. The average molecular weight is 1980 g/mol. The van der Waals surface area contributed by atoms with Crippen molar-refractivity contribution in [1.29, 1.82) is 0 Å². The molecule has 37 nitrogen and oxygen atoms in total. The van der Waals surface area contributed by atoms with E-state index in [2.05, 4.69) is 90.1 Å². The number of rotatable bonds is 38. The quantitative estimate of drug-likeness (QED) is 0.00906. The zero-order valence-electron chi connectivity index (χ0n) is 79.2. The molecule has 0 bridgehead atoms. The first-order valence-corrected chi connectivity index (χ1v) is 46.2. The number of fused-ring (bicyclic) bond motifs is 1. The molecule has 8 heterocycles. The molecule has 1 atom stereocenters. The van der Waals surface area contributed by atoms with Crippen LogP contribution in [-0.2, 0) is 98.8 Å². The Balaban J connectivity index is 0.000000251. The number of hydrogen-bond acceptors (Lipinski definition) is 32. The number of Topliss-reactive ketones (excluding diaryl/α,β-unsaturated/α-hetero) is 1. The van der Waals surface area contributed by atoms with Gasteiger partial charge >= 0.3 is 41.8 Å². The van der Waals surface area contributed by atoms with Gasteiger partial charge in [0.15, 0.2) is 5.78 Å². The number of benzene rings is 3. The summed E-state index contributed by atoms with van der Waals surface area (Å²) >= 11 is 4.47. The Morgan fingerprint density at radius 2 is 1.04 bits per heavy atom. The molecule has 10 aromatic rings. The SMILES string of the molecule is COC(=O)/C=C/CCC(=O)c1ccc(-c2ccc(C)o2)cc1.COC(=O)/C=C/CNC(=O)CN(C)C1CCCC1.COC(=O)/C=C/CNC(=O)Cc1ccncc1.COC(=O)/C=C/CNC(=O)Cn1ncc2ccccc21.COC(=O)/C=C/CNC(=O)c1ccc(C2CCCO2)s1.COC(=O)/C=C/CNC(=O)c1cnn(-c2ccccc2OC)c1.COC(=O)/C=C/CNC(=O)c1csc(-c2cccs2)n1. The average Bonchev–Trinajstić information content (AvgIpc) is 1.69. The summed E-state index contributed by atoms with van der Waals surface area (Å²) in [4.78, 5) is 171. The van der Waals surface area contributed by atoms with Crippen molar-refractivity contribution in [2.45, 2.75) is 83.4 Å². The van der Waals surface area contributed by atoms with Crippen LogP contribution >= 0.6 is 34.0 Å². The maximum atomic E-state index is 12.0. The second-order valence-corrected chi connectivity index (χ2v) is 32.2. The predicted molar refractivity (Wildman–Crippen MR) is 527 cm³/mol. The van der Waals surface area contributed by atoms with Crippen molar-refractivity contribution in [3.63, 3.8) is 0 Å².